The summed E-state index contributed by atoms with van der Waals surface area (Å²) in [4.78, 5) is 13.7. The van der Waals surface area contributed by atoms with Gasteiger partial charge < -0.3 is 9.64 Å². The van der Waals surface area contributed by atoms with Crippen LogP contribution in [0.2, 0.25) is 0 Å². The number of carbonyl (C=O) groups is 1. The Morgan fingerprint density at radius 2 is 2.19 bits per heavy atom. The molecule has 0 saturated carbocycles. The van der Waals surface area contributed by atoms with Gasteiger partial charge in [0.15, 0.2) is 0 Å². The zero-order chi connectivity index (χ0) is 12.1. The van der Waals surface area contributed by atoms with E-state index in [-0.39, 0.29) is 23.2 Å². The van der Waals surface area contributed by atoms with Crippen molar-refractivity contribution in [2.24, 2.45) is 5.92 Å². The Morgan fingerprint density at radius 3 is 2.69 bits per heavy atom. The standard InChI is InChI=1S/C12H23NO2S/c1-9(2)11(16)12(14)13(3)8-10-6-4-5-7-15-10/h9-11,16H,4-8H2,1-3H3. The van der Waals surface area contributed by atoms with Crippen LogP contribution in [0.5, 0.6) is 0 Å². The van der Waals surface area contributed by atoms with Gasteiger partial charge >= 0.3 is 0 Å². The number of nitrogens with zero attached hydrogens (tertiary/aromatic N) is 1. The zero-order valence-corrected chi connectivity index (χ0v) is 11.4. The van der Waals surface area contributed by atoms with Crippen LogP contribution in [0.4, 0.5) is 0 Å². The Morgan fingerprint density at radius 1 is 1.50 bits per heavy atom. The average Bonchev–Trinajstić information content (AvgIpc) is 2.28. The monoisotopic (exact) mass is 245 g/mol. The minimum Gasteiger partial charge on any atom is -0.376 e. The van der Waals surface area contributed by atoms with E-state index in [9.17, 15) is 4.79 Å². The maximum atomic E-state index is 12.0. The summed E-state index contributed by atoms with van der Waals surface area (Å²) in [6, 6.07) is 0. The van der Waals surface area contributed by atoms with Gasteiger partial charge in [-0.15, -0.1) is 0 Å². The van der Waals surface area contributed by atoms with Crippen LogP contribution < -0.4 is 0 Å². The van der Waals surface area contributed by atoms with Gasteiger partial charge in [-0.3, -0.25) is 4.79 Å². The Labute approximate surface area is 104 Å². The van der Waals surface area contributed by atoms with E-state index in [2.05, 4.69) is 12.6 Å². The van der Waals surface area contributed by atoms with Gasteiger partial charge in [0.1, 0.15) is 0 Å². The smallest absolute Gasteiger partial charge is 0.235 e. The third kappa shape index (κ3) is 3.98. The number of likely N-dealkylation sites (N-methyl/N-ethyl adjacent to an activating group) is 1. The van der Waals surface area contributed by atoms with Crippen molar-refractivity contribution in [1.29, 1.82) is 0 Å². The molecule has 1 heterocycles. The molecule has 0 aromatic rings. The van der Waals surface area contributed by atoms with Gasteiger partial charge in [0.2, 0.25) is 5.91 Å². The molecule has 1 amide bonds. The molecule has 0 aromatic heterocycles. The zero-order valence-electron chi connectivity index (χ0n) is 10.5. The van der Waals surface area contributed by atoms with Crippen molar-refractivity contribution >= 4 is 18.5 Å². The Hall–Kier alpha value is -0.220. The van der Waals surface area contributed by atoms with Crippen LogP contribution in [0.1, 0.15) is 33.1 Å². The second-order valence-corrected chi connectivity index (χ2v) is 5.45. The summed E-state index contributed by atoms with van der Waals surface area (Å²) in [5.74, 6) is 0.373. The van der Waals surface area contributed by atoms with E-state index in [1.54, 1.807) is 4.90 Å². The topological polar surface area (TPSA) is 29.5 Å². The van der Waals surface area contributed by atoms with Crippen LogP contribution in [0, 0.1) is 5.92 Å². The van der Waals surface area contributed by atoms with E-state index in [0.29, 0.717) is 6.54 Å². The number of hydrogen-bond acceptors (Lipinski definition) is 3. The third-order valence-corrected chi connectivity index (χ3v) is 3.83. The predicted octanol–water partition coefficient (Wildman–Crippen LogP) is 1.97. The molecule has 3 nitrogen and oxygen atoms in total. The average molecular weight is 245 g/mol. The van der Waals surface area contributed by atoms with E-state index in [0.717, 1.165) is 19.4 Å². The first-order valence-electron chi connectivity index (χ1n) is 6.07. The van der Waals surface area contributed by atoms with Crippen LogP contribution in [-0.4, -0.2) is 42.4 Å². The first-order valence-corrected chi connectivity index (χ1v) is 6.58. The fraction of sp³-hybridized carbons (Fsp3) is 0.917. The number of ether oxygens (including phenoxy) is 1. The van der Waals surface area contributed by atoms with E-state index >= 15 is 0 Å². The largest absolute Gasteiger partial charge is 0.376 e. The fourth-order valence-electron chi connectivity index (χ4n) is 1.86. The number of hydrogen-bond donors (Lipinski definition) is 1. The molecule has 1 fully saturated rings. The van der Waals surface area contributed by atoms with E-state index < -0.39 is 0 Å². The Balaban J connectivity index is 2.38. The van der Waals surface area contributed by atoms with Crippen molar-refractivity contribution in [3.8, 4) is 0 Å². The van der Waals surface area contributed by atoms with Gasteiger partial charge in [0.05, 0.1) is 11.4 Å². The predicted molar refractivity (Wildman–Crippen MR) is 68.8 cm³/mol. The molecule has 0 aromatic carbocycles. The van der Waals surface area contributed by atoms with Crippen LogP contribution in [0.3, 0.4) is 0 Å². The molecule has 0 N–H and O–H groups in total. The van der Waals surface area contributed by atoms with Gasteiger partial charge in [-0.05, 0) is 25.2 Å². The highest BCUT2D eigenvalue weighted by atomic mass is 32.1. The SMILES string of the molecule is CC(C)C(S)C(=O)N(C)CC1CCCCO1. The van der Waals surface area contributed by atoms with Crippen LogP contribution in [-0.2, 0) is 9.53 Å². The molecule has 0 aliphatic carbocycles. The van der Waals surface area contributed by atoms with Crippen molar-refractivity contribution in [1.82, 2.24) is 4.90 Å². The molecular formula is C12H23NO2S. The van der Waals surface area contributed by atoms with Crippen molar-refractivity contribution in [3.63, 3.8) is 0 Å². The number of thiol groups is 1. The summed E-state index contributed by atoms with van der Waals surface area (Å²) in [5, 5.41) is -0.200. The summed E-state index contributed by atoms with van der Waals surface area (Å²) < 4.78 is 5.62. The van der Waals surface area contributed by atoms with Crippen LogP contribution in [0.15, 0.2) is 0 Å². The van der Waals surface area contributed by atoms with Crippen LogP contribution in [0.25, 0.3) is 0 Å². The molecule has 1 aliphatic heterocycles. The Kier molecular flexibility index (Phi) is 5.62. The van der Waals surface area contributed by atoms with Crippen molar-refractivity contribution in [2.45, 2.75) is 44.5 Å². The highest BCUT2D eigenvalue weighted by molar-refractivity contribution is 7.81. The number of rotatable bonds is 4. The molecule has 1 saturated heterocycles. The lowest BCUT2D eigenvalue weighted by molar-refractivity contribution is -0.132. The highest BCUT2D eigenvalue weighted by Crippen LogP contribution is 2.16. The summed E-state index contributed by atoms with van der Waals surface area (Å²) in [5.41, 5.74) is 0. The molecule has 1 rings (SSSR count). The molecule has 2 unspecified atom stereocenters. The maximum absolute atomic E-state index is 12.0. The molecule has 16 heavy (non-hydrogen) atoms. The second-order valence-electron chi connectivity index (χ2n) is 4.90. The van der Waals surface area contributed by atoms with Crippen molar-refractivity contribution in [3.05, 3.63) is 0 Å². The first-order chi connectivity index (χ1) is 7.52. The molecular weight excluding hydrogens is 222 g/mol. The minimum atomic E-state index is -0.200. The molecule has 4 heteroatoms. The number of amides is 1. The second kappa shape index (κ2) is 6.50. The van der Waals surface area contributed by atoms with E-state index in [4.69, 9.17) is 4.74 Å². The highest BCUT2D eigenvalue weighted by Gasteiger charge is 2.24. The van der Waals surface area contributed by atoms with Gasteiger partial charge in [0, 0.05) is 20.2 Å². The van der Waals surface area contributed by atoms with Gasteiger partial charge in [-0.2, -0.15) is 12.6 Å². The Bertz CT molecular complexity index is 227. The molecule has 0 radical (unpaired) electrons. The lowest BCUT2D eigenvalue weighted by Gasteiger charge is -2.29. The maximum Gasteiger partial charge on any atom is 0.235 e. The molecule has 0 bridgehead atoms. The summed E-state index contributed by atoms with van der Waals surface area (Å²) >= 11 is 4.35. The fourth-order valence-corrected chi connectivity index (χ4v) is 2.05. The quantitative estimate of drug-likeness (QED) is 0.767. The van der Waals surface area contributed by atoms with Crippen molar-refractivity contribution in [2.75, 3.05) is 20.2 Å². The molecule has 1 aliphatic rings. The van der Waals surface area contributed by atoms with E-state index in [1.165, 1.54) is 6.42 Å². The lowest BCUT2D eigenvalue weighted by atomic mass is 10.1. The summed E-state index contributed by atoms with van der Waals surface area (Å²) in [6.07, 6.45) is 3.64. The first kappa shape index (κ1) is 13.8. The normalized spacial score (nSPS) is 23.2. The third-order valence-electron chi connectivity index (χ3n) is 3.01. The van der Waals surface area contributed by atoms with Crippen LogP contribution >= 0.6 is 12.6 Å². The van der Waals surface area contributed by atoms with Gasteiger partial charge in [0.25, 0.3) is 0 Å². The molecule has 2 atom stereocenters. The minimum absolute atomic E-state index is 0.104. The lowest BCUT2D eigenvalue weighted by Crippen LogP contribution is -2.42. The van der Waals surface area contributed by atoms with E-state index in [1.807, 2.05) is 20.9 Å². The van der Waals surface area contributed by atoms with Crippen molar-refractivity contribution < 1.29 is 9.53 Å². The van der Waals surface area contributed by atoms with Gasteiger partial charge in [-0.25, -0.2) is 0 Å². The molecule has 0 spiro atoms. The molecule has 94 valence electrons. The van der Waals surface area contributed by atoms with Gasteiger partial charge in [-0.1, -0.05) is 13.8 Å². The summed E-state index contributed by atoms with van der Waals surface area (Å²) in [6.45, 7) is 5.56. The number of carbonyl (C=O) groups excluding carboxylic acids is 1. The summed E-state index contributed by atoms with van der Waals surface area (Å²) in [7, 11) is 1.84.